The molecule has 14 heavy (non-hydrogen) atoms. The van der Waals surface area contributed by atoms with Gasteiger partial charge >= 0.3 is 0 Å². The SMILES string of the molecule is FC1CCC1N1CCc2ccccc21. The van der Waals surface area contributed by atoms with Crippen molar-refractivity contribution in [3.05, 3.63) is 29.8 Å². The summed E-state index contributed by atoms with van der Waals surface area (Å²) >= 11 is 0. The quantitative estimate of drug-likeness (QED) is 0.659. The first kappa shape index (κ1) is 8.27. The van der Waals surface area contributed by atoms with Crippen molar-refractivity contribution in [1.29, 1.82) is 0 Å². The molecule has 1 aliphatic carbocycles. The van der Waals surface area contributed by atoms with Crippen molar-refractivity contribution in [2.24, 2.45) is 0 Å². The number of nitrogens with zero attached hydrogens (tertiary/aromatic N) is 1. The third-order valence-corrected chi connectivity index (χ3v) is 3.48. The molecule has 1 fully saturated rings. The van der Waals surface area contributed by atoms with Crippen LogP contribution in [0.5, 0.6) is 0 Å². The number of hydrogen-bond donors (Lipinski definition) is 0. The van der Waals surface area contributed by atoms with Crippen LogP contribution in [-0.2, 0) is 6.42 Å². The number of fused-ring (bicyclic) bond motifs is 1. The van der Waals surface area contributed by atoms with Crippen LogP contribution < -0.4 is 4.90 Å². The normalized spacial score (nSPS) is 29.9. The lowest BCUT2D eigenvalue weighted by Crippen LogP contribution is -2.48. The minimum Gasteiger partial charge on any atom is -0.365 e. The molecular formula is C12H14FN. The molecule has 2 unspecified atom stereocenters. The van der Waals surface area contributed by atoms with E-state index in [4.69, 9.17) is 0 Å². The fourth-order valence-electron chi connectivity index (χ4n) is 2.50. The predicted molar refractivity (Wildman–Crippen MR) is 55.4 cm³/mol. The van der Waals surface area contributed by atoms with E-state index >= 15 is 0 Å². The fraction of sp³-hybridized carbons (Fsp3) is 0.500. The van der Waals surface area contributed by atoms with Crippen molar-refractivity contribution in [3.8, 4) is 0 Å². The van der Waals surface area contributed by atoms with Gasteiger partial charge in [0, 0.05) is 12.2 Å². The Hall–Kier alpha value is -1.05. The van der Waals surface area contributed by atoms with E-state index < -0.39 is 6.17 Å². The first-order valence-corrected chi connectivity index (χ1v) is 5.35. The van der Waals surface area contributed by atoms with Gasteiger partial charge in [0.15, 0.2) is 0 Å². The number of rotatable bonds is 1. The van der Waals surface area contributed by atoms with Gasteiger partial charge in [0.25, 0.3) is 0 Å². The first-order chi connectivity index (χ1) is 6.86. The average molecular weight is 191 g/mol. The van der Waals surface area contributed by atoms with Gasteiger partial charge in [0.2, 0.25) is 0 Å². The highest BCUT2D eigenvalue weighted by Gasteiger charge is 2.38. The molecule has 0 spiro atoms. The molecule has 0 saturated heterocycles. The molecule has 1 heterocycles. The lowest BCUT2D eigenvalue weighted by Gasteiger charge is -2.39. The maximum atomic E-state index is 13.3. The summed E-state index contributed by atoms with van der Waals surface area (Å²) in [7, 11) is 0. The van der Waals surface area contributed by atoms with Crippen molar-refractivity contribution in [1.82, 2.24) is 0 Å². The van der Waals surface area contributed by atoms with Crippen molar-refractivity contribution in [2.45, 2.75) is 31.5 Å². The van der Waals surface area contributed by atoms with Gasteiger partial charge in [-0.25, -0.2) is 4.39 Å². The summed E-state index contributed by atoms with van der Waals surface area (Å²) in [5, 5.41) is 0. The van der Waals surface area contributed by atoms with Crippen LogP contribution in [0.2, 0.25) is 0 Å². The molecule has 0 radical (unpaired) electrons. The van der Waals surface area contributed by atoms with Gasteiger partial charge in [-0.05, 0) is 30.9 Å². The van der Waals surface area contributed by atoms with Crippen LogP contribution in [0.1, 0.15) is 18.4 Å². The molecule has 0 amide bonds. The van der Waals surface area contributed by atoms with Crippen molar-refractivity contribution in [3.63, 3.8) is 0 Å². The van der Waals surface area contributed by atoms with Gasteiger partial charge in [-0.2, -0.15) is 0 Å². The van der Waals surface area contributed by atoms with E-state index in [1.165, 1.54) is 11.3 Å². The van der Waals surface area contributed by atoms with E-state index in [1.807, 2.05) is 6.07 Å². The summed E-state index contributed by atoms with van der Waals surface area (Å²) in [5.41, 5.74) is 2.64. The zero-order valence-corrected chi connectivity index (χ0v) is 8.12. The molecule has 1 aromatic rings. The summed E-state index contributed by atoms with van der Waals surface area (Å²) in [6.45, 7) is 1.00. The van der Waals surface area contributed by atoms with E-state index in [9.17, 15) is 4.39 Å². The van der Waals surface area contributed by atoms with Crippen LogP contribution in [0.3, 0.4) is 0 Å². The molecule has 2 aliphatic rings. The summed E-state index contributed by atoms with van der Waals surface area (Å²) in [4.78, 5) is 2.25. The van der Waals surface area contributed by atoms with Crippen LogP contribution in [-0.4, -0.2) is 18.8 Å². The number of para-hydroxylation sites is 1. The second-order valence-corrected chi connectivity index (χ2v) is 4.23. The van der Waals surface area contributed by atoms with Crippen molar-refractivity contribution >= 4 is 5.69 Å². The smallest absolute Gasteiger partial charge is 0.120 e. The Morgan fingerprint density at radius 2 is 2.07 bits per heavy atom. The molecule has 0 aromatic heterocycles. The minimum atomic E-state index is -0.596. The zero-order valence-electron chi connectivity index (χ0n) is 8.12. The van der Waals surface area contributed by atoms with E-state index in [-0.39, 0.29) is 6.04 Å². The Balaban J connectivity index is 1.90. The number of halogens is 1. The van der Waals surface area contributed by atoms with Gasteiger partial charge in [-0.1, -0.05) is 18.2 Å². The van der Waals surface area contributed by atoms with Gasteiger partial charge in [0.1, 0.15) is 6.17 Å². The predicted octanol–water partition coefficient (Wildman–Crippen LogP) is 2.55. The maximum absolute atomic E-state index is 13.3. The molecule has 1 nitrogen and oxygen atoms in total. The topological polar surface area (TPSA) is 3.24 Å². The van der Waals surface area contributed by atoms with E-state index in [1.54, 1.807) is 0 Å². The monoisotopic (exact) mass is 191 g/mol. The maximum Gasteiger partial charge on any atom is 0.120 e. The van der Waals surface area contributed by atoms with Gasteiger partial charge in [-0.15, -0.1) is 0 Å². The van der Waals surface area contributed by atoms with Crippen LogP contribution in [0, 0.1) is 0 Å². The molecule has 2 atom stereocenters. The lowest BCUT2D eigenvalue weighted by molar-refractivity contribution is 0.166. The summed E-state index contributed by atoms with van der Waals surface area (Å²) in [5.74, 6) is 0. The van der Waals surface area contributed by atoms with Crippen LogP contribution in [0.25, 0.3) is 0 Å². The van der Waals surface area contributed by atoms with Gasteiger partial charge in [0.05, 0.1) is 6.04 Å². The Morgan fingerprint density at radius 3 is 2.79 bits per heavy atom. The number of alkyl halides is 1. The second kappa shape index (κ2) is 2.97. The second-order valence-electron chi connectivity index (χ2n) is 4.23. The molecule has 1 aliphatic heterocycles. The fourth-order valence-corrected chi connectivity index (χ4v) is 2.50. The third-order valence-electron chi connectivity index (χ3n) is 3.48. The summed E-state index contributed by atoms with van der Waals surface area (Å²) < 4.78 is 13.3. The molecule has 3 rings (SSSR count). The van der Waals surface area contributed by atoms with E-state index in [0.717, 1.165) is 25.8 Å². The van der Waals surface area contributed by atoms with Crippen LogP contribution in [0.4, 0.5) is 10.1 Å². The highest BCUT2D eigenvalue weighted by Crippen LogP contribution is 2.37. The average Bonchev–Trinajstić information content (AvgIpc) is 2.60. The summed E-state index contributed by atoms with van der Waals surface area (Å²) in [6.07, 6.45) is 2.26. The third kappa shape index (κ3) is 1.06. The minimum absolute atomic E-state index is 0.165. The molecular weight excluding hydrogens is 177 g/mol. The van der Waals surface area contributed by atoms with E-state index in [0.29, 0.717) is 0 Å². The molecule has 2 heteroatoms. The number of benzene rings is 1. The number of anilines is 1. The Labute approximate surface area is 83.5 Å². The Morgan fingerprint density at radius 1 is 1.21 bits per heavy atom. The van der Waals surface area contributed by atoms with Gasteiger partial charge < -0.3 is 4.90 Å². The lowest BCUT2D eigenvalue weighted by atomic mass is 9.89. The van der Waals surface area contributed by atoms with Crippen molar-refractivity contribution in [2.75, 3.05) is 11.4 Å². The molecule has 0 bridgehead atoms. The standard InChI is InChI=1S/C12H14FN/c13-10-5-6-12(10)14-8-7-9-3-1-2-4-11(9)14/h1-4,10,12H,5-8H2. The highest BCUT2D eigenvalue weighted by molar-refractivity contribution is 5.59. The zero-order chi connectivity index (χ0) is 9.54. The van der Waals surface area contributed by atoms with Gasteiger partial charge in [-0.3, -0.25) is 0 Å². The highest BCUT2D eigenvalue weighted by atomic mass is 19.1. The van der Waals surface area contributed by atoms with Crippen molar-refractivity contribution < 1.29 is 4.39 Å². The molecule has 1 aromatic carbocycles. The molecule has 0 N–H and O–H groups in total. The number of hydrogen-bond acceptors (Lipinski definition) is 1. The Bertz CT molecular complexity index is 350. The van der Waals surface area contributed by atoms with Crippen LogP contribution in [0.15, 0.2) is 24.3 Å². The molecule has 74 valence electrons. The Kier molecular flexibility index (Phi) is 1.76. The molecule has 1 saturated carbocycles. The van der Waals surface area contributed by atoms with E-state index in [2.05, 4.69) is 23.1 Å². The summed E-state index contributed by atoms with van der Waals surface area (Å²) in [6, 6.07) is 8.55. The largest absolute Gasteiger partial charge is 0.365 e. The first-order valence-electron chi connectivity index (χ1n) is 5.35. The van der Waals surface area contributed by atoms with Crippen LogP contribution >= 0.6 is 0 Å².